The van der Waals surface area contributed by atoms with E-state index in [4.69, 9.17) is 0 Å². The fraction of sp³-hybridized carbons (Fsp3) is 0.222. The van der Waals surface area contributed by atoms with Gasteiger partial charge in [0.15, 0.2) is 0 Å². The van der Waals surface area contributed by atoms with Crippen LogP contribution in [0.15, 0.2) is 48.5 Å². The monoisotopic (exact) mass is 319 g/mol. The molecule has 0 fully saturated rings. The highest BCUT2D eigenvalue weighted by atomic mass is 16.1. The molecule has 0 saturated heterocycles. The molecule has 1 aromatic heterocycles. The van der Waals surface area contributed by atoms with E-state index in [0.29, 0.717) is 5.82 Å². The summed E-state index contributed by atoms with van der Waals surface area (Å²) in [6.45, 7) is 0. The normalized spacial score (nSPS) is 16.4. The lowest BCUT2D eigenvalue weighted by atomic mass is 9.82. The van der Waals surface area contributed by atoms with E-state index < -0.39 is 0 Å². The van der Waals surface area contributed by atoms with Crippen LogP contribution in [0.3, 0.4) is 0 Å². The van der Waals surface area contributed by atoms with E-state index in [2.05, 4.69) is 38.1 Å². The molecule has 0 bridgehead atoms. The molecular weight excluding hydrogens is 302 g/mol. The maximum absolute atomic E-state index is 12.8. The molecule has 0 saturated carbocycles. The van der Waals surface area contributed by atoms with Crippen molar-refractivity contribution in [2.45, 2.75) is 25.2 Å². The number of amides is 1. The Bertz CT molecular complexity index is 859. The molecule has 1 unspecified atom stereocenters. The van der Waals surface area contributed by atoms with Gasteiger partial charge < -0.3 is 5.32 Å². The average molecular weight is 319 g/mol. The first-order valence-corrected chi connectivity index (χ1v) is 8.04. The number of anilines is 1. The topological polar surface area (TPSA) is 83.6 Å². The number of benzene rings is 2. The second-order valence-corrected chi connectivity index (χ2v) is 5.95. The van der Waals surface area contributed by atoms with Gasteiger partial charge in [0.1, 0.15) is 0 Å². The highest BCUT2D eigenvalue weighted by molar-refractivity contribution is 5.96. The average Bonchev–Trinajstić information content (AvgIpc) is 3.16. The highest BCUT2D eigenvalue weighted by Gasteiger charge is 2.26. The second-order valence-electron chi connectivity index (χ2n) is 5.95. The Morgan fingerprint density at radius 2 is 2.08 bits per heavy atom. The maximum Gasteiger partial charge on any atom is 0.231 e. The summed E-state index contributed by atoms with van der Waals surface area (Å²) >= 11 is 0. The van der Waals surface area contributed by atoms with Crippen LogP contribution in [-0.4, -0.2) is 26.5 Å². The van der Waals surface area contributed by atoms with E-state index in [0.717, 1.165) is 36.1 Å². The number of fused-ring (bicyclic) bond motifs is 1. The number of hydrogen-bond donors (Lipinski definition) is 2. The fourth-order valence-corrected chi connectivity index (χ4v) is 3.28. The number of aromatic amines is 1. The predicted octanol–water partition coefficient (Wildman–Crippen LogP) is 2.93. The van der Waals surface area contributed by atoms with E-state index in [1.54, 1.807) is 0 Å². The van der Waals surface area contributed by atoms with Gasteiger partial charge in [0, 0.05) is 11.3 Å². The van der Waals surface area contributed by atoms with Crippen molar-refractivity contribution < 1.29 is 4.79 Å². The van der Waals surface area contributed by atoms with Gasteiger partial charge in [-0.05, 0) is 47.7 Å². The Morgan fingerprint density at radius 3 is 2.96 bits per heavy atom. The van der Waals surface area contributed by atoms with E-state index in [-0.39, 0.29) is 11.8 Å². The number of nitrogens with zero attached hydrogens (tertiary/aromatic N) is 3. The standard InChI is InChI=1S/C18H17N5O/c24-18(16-10-4-6-12-5-1-2-9-15(12)16)19-14-8-3-7-13(11-14)17-20-22-23-21-17/h1-3,5,7-9,11,16H,4,6,10H2,(H,19,24)(H,20,21,22,23). The first-order valence-electron chi connectivity index (χ1n) is 8.04. The molecular formula is C18H17N5O. The van der Waals surface area contributed by atoms with Crippen molar-refractivity contribution >= 4 is 11.6 Å². The van der Waals surface area contributed by atoms with Crippen molar-refractivity contribution in [1.29, 1.82) is 0 Å². The molecule has 1 amide bonds. The molecule has 1 atom stereocenters. The Balaban J connectivity index is 1.56. The summed E-state index contributed by atoms with van der Waals surface area (Å²) in [5.41, 5.74) is 3.98. The number of rotatable bonds is 3. The van der Waals surface area contributed by atoms with Crippen LogP contribution in [0.4, 0.5) is 5.69 Å². The summed E-state index contributed by atoms with van der Waals surface area (Å²) in [5, 5.41) is 17.0. The third-order valence-electron chi connectivity index (χ3n) is 4.42. The Morgan fingerprint density at radius 1 is 1.17 bits per heavy atom. The number of H-pyrrole nitrogens is 1. The van der Waals surface area contributed by atoms with Crippen LogP contribution in [0, 0.1) is 0 Å². The lowest BCUT2D eigenvalue weighted by Crippen LogP contribution is -2.24. The zero-order valence-corrected chi connectivity index (χ0v) is 13.1. The summed E-state index contributed by atoms with van der Waals surface area (Å²) in [5.74, 6) is 0.449. The minimum atomic E-state index is -0.0937. The molecule has 1 aliphatic rings. The van der Waals surface area contributed by atoms with Crippen LogP contribution in [0.2, 0.25) is 0 Å². The molecule has 120 valence electrons. The number of carbonyl (C=O) groups excluding carboxylic acids is 1. The zero-order valence-electron chi connectivity index (χ0n) is 13.1. The lowest BCUT2D eigenvalue weighted by Gasteiger charge is -2.24. The van der Waals surface area contributed by atoms with Gasteiger partial charge in [0.05, 0.1) is 5.92 Å². The smallest absolute Gasteiger partial charge is 0.231 e. The van der Waals surface area contributed by atoms with Crippen LogP contribution in [0.5, 0.6) is 0 Å². The van der Waals surface area contributed by atoms with Crippen molar-refractivity contribution in [2.75, 3.05) is 5.32 Å². The van der Waals surface area contributed by atoms with Crippen molar-refractivity contribution in [3.05, 3.63) is 59.7 Å². The van der Waals surface area contributed by atoms with Crippen LogP contribution < -0.4 is 5.32 Å². The fourth-order valence-electron chi connectivity index (χ4n) is 3.28. The number of nitrogens with one attached hydrogen (secondary N) is 2. The Kier molecular flexibility index (Phi) is 3.78. The van der Waals surface area contributed by atoms with Gasteiger partial charge in [-0.3, -0.25) is 4.79 Å². The maximum atomic E-state index is 12.8. The SMILES string of the molecule is O=C(Nc1cccc(-c2nn[nH]n2)c1)C1CCCc2ccccc21. The summed E-state index contributed by atoms with van der Waals surface area (Å²) in [6, 6.07) is 15.7. The minimum absolute atomic E-state index is 0.0346. The van der Waals surface area contributed by atoms with Crippen molar-refractivity contribution in [2.24, 2.45) is 0 Å². The predicted molar refractivity (Wildman–Crippen MR) is 90.4 cm³/mol. The molecule has 1 aliphatic carbocycles. The van der Waals surface area contributed by atoms with E-state index in [1.165, 1.54) is 5.56 Å². The quantitative estimate of drug-likeness (QED) is 0.777. The number of carbonyl (C=O) groups is 1. The molecule has 6 nitrogen and oxygen atoms in total. The van der Waals surface area contributed by atoms with Crippen molar-refractivity contribution in [3.8, 4) is 11.4 Å². The van der Waals surface area contributed by atoms with Gasteiger partial charge in [-0.25, -0.2) is 0 Å². The molecule has 0 radical (unpaired) electrons. The summed E-state index contributed by atoms with van der Waals surface area (Å²) in [7, 11) is 0. The Hall–Kier alpha value is -3.02. The molecule has 24 heavy (non-hydrogen) atoms. The van der Waals surface area contributed by atoms with Gasteiger partial charge in [0.2, 0.25) is 11.7 Å². The lowest BCUT2D eigenvalue weighted by molar-refractivity contribution is -0.117. The Labute approximate surface area is 139 Å². The molecule has 1 heterocycles. The number of aromatic nitrogens is 4. The second kappa shape index (κ2) is 6.23. The van der Waals surface area contributed by atoms with Gasteiger partial charge in [0.25, 0.3) is 0 Å². The molecule has 0 aliphatic heterocycles. The molecule has 3 aromatic rings. The number of aryl methyl sites for hydroxylation is 1. The van der Waals surface area contributed by atoms with Gasteiger partial charge in [-0.15, -0.1) is 10.2 Å². The van der Waals surface area contributed by atoms with Crippen LogP contribution in [0.25, 0.3) is 11.4 Å². The van der Waals surface area contributed by atoms with Crippen molar-refractivity contribution in [3.63, 3.8) is 0 Å². The molecule has 2 aromatic carbocycles. The van der Waals surface area contributed by atoms with E-state index in [1.807, 2.05) is 36.4 Å². The van der Waals surface area contributed by atoms with Gasteiger partial charge in [-0.2, -0.15) is 5.21 Å². The third kappa shape index (κ3) is 2.78. The minimum Gasteiger partial charge on any atom is -0.326 e. The largest absolute Gasteiger partial charge is 0.326 e. The van der Waals surface area contributed by atoms with E-state index >= 15 is 0 Å². The molecule has 2 N–H and O–H groups in total. The zero-order chi connectivity index (χ0) is 16.4. The van der Waals surface area contributed by atoms with Gasteiger partial charge >= 0.3 is 0 Å². The van der Waals surface area contributed by atoms with E-state index in [9.17, 15) is 4.79 Å². The number of tetrazole rings is 1. The summed E-state index contributed by atoms with van der Waals surface area (Å²) in [4.78, 5) is 12.8. The first kappa shape index (κ1) is 14.6. The van der Waals surface area contributed by atoms with Gasteiger partial charge in [-0.1, -0.05) is 36.4 Å². The summed E-state index contributed by atoms with van der Waals surface area (Å²) in [6.07, 6.45) is 2.97. The van der Waals surface area contributed by atoms with Crippen LogP contribution in [0.1, 0.15) is 29.9 Å². The highest BCUT2D eigenvalue weighted by Crippen LogP contribution is 2.32. The third-order valence-corrected chi connectivity index (χ3v) is 4.42. The van der Waals surface area contributed by atoms with Crippen molar-refractivity contribution in [1.82, 2.24) is 20.6 Å². The molecule has 6 heteroatoms. The first-order chi connectivity index (χ1) is 11.8. The molecule has 0 spiro atoms. The van der Waals surface area contributed by atoms with Crippen LogP contribution in [-0.2, 0) is 11.2 Å². The molecule has 4 rings (SSSR count). The summed E-state index contributed by atoms with van der Waals surface area (Å²) < 4.78 is 0. The number of hydrogen-bond acceptors (Lipinski definition) is 4. The van der Waals surface area contributed by atoms with Crippen LogP contribution >= 0.6 is 0 Å².